The summed E-state index contributed by atoms with van der Waals surface area (Å²) in [5, 5.41) is 14.9. The molecule has 0 aliphatic rings. The molecule has 3 N–H and O–H groups in total. The first-order valence-corrected chi connectivity index (χ1v) is 7.45. The molecule has 0 aromatic heterocycles. The summed E-state index contributed by atoms with van der Waals surface area (Å²) in [7, 11) is 0. The first-order valence-electron chi connectivity index (χ1n) is 6.69. The predicted octanol–water partition coefficient (Wildman–Crippen LogP) is 3.84. The van der Waals surface area contributed by atoms with Gasteiger partial charge >= 0.3 is 0 Å². The third-order valence-electron chi connectivity index (χ3n) is 2.94. The number of nitrogens with one attached hydrogen (secondary N) is 2. The van der Waals surface area contributed by atoms with Gasteiger partial charge in [-0.1, -0.05) is 35.3 Å². The van der Waals surface area contributed by atoms with Gasteiger partial charge in [-0.25, -0.2) is 0 Å². The van der Waals surface area contributed by atoms with Crippen molar-refractivity contribution in [2.24, 2.45) is 0 Å². The molecule has 0 aliphatic heterocycles. The second-order valence-electron chi connectivity index (χ2n) is 4.89. The van der Waals surface area contributed by atoms with E-state index in [0.29, 0.717) is 11.4 Å². The van der Waals surface area contributed by atoms with Crippen molar-refractivity contribution in [3.63, 3.8) is 0 Å². The second-order valence-corrected chi connectivity index (χ2v) is 5.71. The van der Waals surface area contributed by atoms with Gasteiger partial charge in [0.15, 0.2) is 5.75 Å². The summed E-state index contributed by atoms with van der Waals surface area (Å²) >= 11 is 11.6. The van der Waals surface area contributed by atoms with Crippen LogP contribution >= 0.6 is 23.2 Å². The Kier molecular flexibility index (Phi) is 5.47. The van der Waals surface area contributed by atoms with Crippen molar-refractivity contribution < 1.29 is 14.7 Å². The van der Waals surface area contributed by atoms with Crippen molar-refractivity contribution in [1.29, 1.82) is 0 Å². The van der Waals surface area contributed by atoms with Crippen LogP contribution in [0.5, 0.6) is 5.75 Å². The Morgan fingerprint density at radius 1 is 1.00 bits per heavy atom. The fraction of sp³-hybridized carbons (Fsp3) is 0.125. The summed E-state index contributed by atoms with van der Waals surface area (Å²) in [5.74, 6) is -0.633. The Hall–Kier alpha value is -2.24. The molecular formula is C16H14Cl2N2O3. The fourth-order valence-electron chi connectivity index (χ4n) is 1.94. The van der Waals surface area contributed by atoms with E-state index in [1.54, 1.807) is 24.3 Å². The second kappa shape index (κ2) is 7.35. The maximum atomic E-state index is 12.0. The van der Waals surface area contributed by atoms with Crippen molar-refractivity contribution in [3.05, 3.63) is 52.0 Å². The van der Waals surface area contributed by atoms with Crippen LogP contribution in [-0.4, -0.2) is 16.9 Å². The summed E-state index contributed by atoms with van der Waals surface area (Å²) in [4.78, 5) is 23.0. The number of aromatic hydroxyl groups is 1. The Morgan fingerprint density at radius 2 is 1.57 bits per heavy atom. The quantitative estimate of drug-likeness (QED) is 0.731. The van der Waals surface area contributed by atoms with Gasteiger partial charge in [0.25, 0.3) is 0 Å². The molecule has 0 fully saturated rings. The Balaban J connectivity index is 2.01. The molecule has 0 radical (unpaired) electrons. The summed E-state index contributed by atoms with van der Waals surface area (Å²) in [6, 6.07) is 9.78. The van der Waals surface area contributed by atoms with Gasteiger partial charge in [-0.3, -0.25) is 9.59 Å². The number of benzene rings is 2. The topological polar surface area (TPSA) is 78.4 Å². The zero-order valence-corrected chi connectivity index (χ0v) is 13.7. The van der Waals surface area contributed by atoms with Crippen LogP contribution in [0.2, 0.25) is 10.0 Å². The van der Waals surface area contributed by atoms with Crippen LogP contribution < -0.4 is 10.6 Å². The number of rotatable bonds is 4. The van der Waals surface area contributed by atoms with Crippen molar-refractivity contribution >= 4 is 46.4 Å². The molecule has 23 heavy (non-hydrogen) atoms. The van der Waals surface area contributed by atoms with Crippen LogP contribution in [0.1, 0.15) is 12.5 Å². The van der Waals surface area contributed by atoms with E-state index >= 15 is 0 Å². The number of anilines is 2. The molecule has 5 nitrogen and oxygen atoms in total. The number of hydrogen-bond donors (Lipinski definition) is 3. The van der Waals surface area contributed by atoms with Crippen LogP contribution in [0.3, 0.4) is 0 Å². The SMILES string of the molecule is CC(=O)Nc1ccc(CC(=O)Nc2cc(Cl)c(O)c(Cl)c2)cc1. The largest absolute Gasteiger partial charge is 0.505 e. The van der Waals surface area contributed by atoms with Gasteiger partial charge < -0.3 is 15.7 Å². The van der Waals surface area contributed by atoms with Crippen LogP contribution in [0.25, 0.3) is 0 Å². The zero-order chi connectivity index (χ0) is 17.0. The van der Waals surface area contributed by atoms with Gasteiger partial charge in [-0.15, -0.1) is 0 Å². The molecule has 2 aromatic carbocycles. The van der Waals surface area contributed by atoms with E-state index in [2.05, 4.69) is 10.6 Å². The summed E-state index contributed by atoms with van der Waals surface area (Å²) in [6.45, 7) is 1.43. The van der Waals surface area contributed by atoms with Crippen LogP contribution in [0.4, 0.5) is 11.4 Å². The number of carbonyl (C=O) groups excluding carboxylic acids is 2. The van der Waals surface area contributed by atoms with E-state index in [0.717, 1.165) is 5.56 Å². The van der Waals surface area contributed by atoms with E-state index in [9.17, 15) is 14.7 Å². The number of amides is 2. The number of phenolic OH excluding ortho intramolecular Hbond substituents is 1. The summed E-state index contributed by atoms with van der Waals surface area (Å²) in [6.07, 6.45) is 0.149. The lowest BCUT2D eigenvalue weighted by Gasteiger charge is -2.08. The molecule has 2 amide bonds. The minimum Gasteiger partial charge on any atom is -0.505 e. The van der Waals surface area contributed by atoms with Crippen LogP contribution in [0, 0.1) is 0 Å². The van der Waals surface area contributed by atoms with E-state index in [1.807, 2.05) is 0 Å². The highest BCUT2D eigenvalue weighted by Gasteiger charge is 2.10. The van der Waals surface area contributed by atoms with Crippen molar-refractivity contribution in [3.8, 4) is 5.75 Å². The minimum absolute atomic E-state index is 0.0625. The highest BCUT2D eigenvalue weighted by molar-refractivity contribution is 6.37. The Bertz CT molecular complexity index is 722. The van der Waals surface area contributed by atoms with E-state index < -0.39 is 0 Å². The lowest BCUT2D eigenvalue weighted by atomic mass is 10.1. The van der Waals surface area contributed by atoms with Crippen molar-refractivity contribution in [2.75, 3.05) is 10.6 Å². The van der Waals surface area contributed by atoms with Crippen LogP contribution in [-0.2, 0) is 16.0 Å². The van der Waals surface area contributed by atoms with E-state index in [1.165, 1.54) is 19.1 Å². The van der Waals surface area contributed by atoms with Gasteiger partial charge in [0.1, 0.15) is 0 Å². The molecule has 0 aliphatic carbocycles. The van der Waals surface area contributed by atoms with Gasteiger partial charge in [0.05, 0.1) is 16.5 Å². The van der Waals surface area contributed by atoms with Gasteiger partial charge in [0.2, 0.25) is 11.8 Å². The van der Waals surface area contributed by atoms with Gasteiger partial charge in [-0.05, 0) is 29.8 Å². The Labute approximate surface area is 143 Å². The van der Waals surface area contributed by atoms with Crippen LogP contribution in [0.15, 0.2) is 36.4 Å². The van der Waals surface area contributed by atoms with E-state index in [4.69, 9.17) is 23.2 Å². The fourth-order valence-corrected chi connectivity index (χ4v) is 2.42. The van der Waals surface area contributed by atoms with Gasteiger partial charge in [-0.2, -0.15) is 0 Å². The number of hydrogen-bond acceptors (Lipinski definition) is 3. The molecule has 0 heterocycles. The number of phenols is 1. The predicted molar refractivity (Wildman–Crippen MR) is 91.2 cm³/mol. The lowest BCUT2D eigenvalue weighted by Crippen LogP contribution is -2.14. The first-order chi connectivity index (χ1) is 10.8. The molecular weight excluding hydrogens is 339 g/mol. The van der Waals surface area contributed by atoms with Gasteiger partial charge in [0, 0.05) is 18.3 Å². The highest BCUT2D eigenvalue weighted by atomic mass is 35.5. The minimum atomic E-state index is -0.255. The standard InChI is InChI=1S/C16H14Cl2N2O3/c1-9(21)19-11-4-2-10(3-5-11)6-15(22)20-12-7-13(17)16(23)14(18)8-12/h2-5,7-8,23H,6H2,1H3,(H,19,21)(H,20,22). The normalized spacial score (nSPS) is 10.2. The molecule has 0 atom stereocenters. The smallest absolute Gasteiger partial charge is 0.228 e. The molecule has 0 spiro atoms. The third-order valence-corrected chi connectivity index (χ3v) is 3.52. The van der Waals surface area contributed by atoms with Crippen molar-refractivity contribution in [2.45, 2.75) is 13.3 Å². The molecule has 7 heteroatoms. The molecule has 0 unspecified atom stereocenters. The van der Waals surface area contributed by atoms with E-state index in [-0.39, 0.29) is 34.0 Å². The molecule has 2 aromatic rings. The third kappa shape index (κ3) is 4.87. The zero-order valence-electron chi connectivity index (χ0n) is 12.2. The average Bonchev–Trinajstić information content (AvgIpc) is 2.46. The lowest BCUT2D eigenvalue weighted by molar-refractivity contribution is -0.116. The number of carbonyl (C=O) groups is 2. The molecule has 2 rings (SSSR count). The molecule has 0 saturated carbocycles. The summed E-state index contributed by atoms with van der Waals surface area (Å²) < 4.78 is 0. The molecule has 120 valence electrons. The highest BCUT2D eigenvalue weighted by Crippen LogP contribution is 2.34. The van der Waals surface area contributed by atoms with Crippen molar-refractivity contribution in [1.82, 2.24) is 0 Å². The first kappa shape index (κ1) is 17.1. The average molecular weight is 353 g/mol. The molecule has 0 bridgehead atoms. The monoisotopic (exact) mass is 352 g/mol. The number of halogens is 2. The Morgan fingerprint density at radius 3 is 2.09 bits per heavy atom. The maximum absolute atomic E-state index is 12.0. The summed E-state index contributed by atoms with van der Waals surface area (Å²) in [5.41, 5.74) is 1.85. The maximum Gasteiger partial charge on any atom is 0.228 e. The molecule has 0 saturated heterocycles.